The molecule has 0 atom stereocenters. The van der Waals surface area contributed by atoms with Crippen molar-refractivity contribution >= 4 is 16.5 Å². The molecule has 0 radical (unpaired) electrons. The molecule has 1 aliphatic rings. The van der Waals surface area contributed by atoms with Crippen molar-refractivity contribution in [2.75, 3.05) is 32.2 Å². The Hall–Kier alpha value is -0.650. The molecule has 0 unspecified atom stereocenters. The lowest BCUT2D eigenvalue weighted by atomic mass is 9.91. The van der Waals surface area contributed by atoms with Crippen molar-refractivity contribution in [3.63, 3.8) is 0 Å². The predicted octanol–water partition coefficient (Wildman–Crippen LogP) is 2.78. The third-order valence-corrected chi connectivity index (χ3v) is 4.65. The van der Waals surface area contributed by atoms with E-state index >= 15 is 0 Å². The summed E-state index contributed by atoms with van der Waals surface area (Å²) in [6.07, 6.45) is 2.65. The number of hydrogen-bond acceptors (Lipinski definition) is 5. The van der Waals surface area contributed by atoms with E-state index in [9.17, 15) is 0 Å². The van der Waals surface area contributed by atoms with Gasteiger partial charge in [-0.1, -0.05) is 20.8 Å². The zero-order valence-electron chi connectivity index (χ0n) is 13.3. The number of aromatic nitrogens is 1. The molecule has 0 saturated heterocycles. The van der Waals surface area contributed by atoms with Crippen LogP contribution in [0.3, 0.4) is 0 Å². The van der Waals surface area contributed by atoms with Crippen LogP contribution in [0.5, 0.6) is 0 Å². The van der Waals surface area contributed by atoms with Gasteiger partial charge in [-0.25, -0.2) is 4.98 Å². The summed E-state index contributed by atoms with van der Waals surface area (Å²) in [6.45, 7) is 9.28. The summed E-state index contributed by atoms with van der Waals surface area (Å²) in [5, 5.41) is 4.70. The van der Waals surface area contributed by atoms with Gasteiger partial charge >= 0.3 is 0 Å². The van der Waals surface area contributed by atoms with E-state index in [1.54, 1.807) is 7.11 Å². The van der Waals surface area contributed by atoms with Crippen molar-refractivity contribution < 1.29 is 4.74 Å². The standard InChI is InChI=1S/C15H27N3OS/c1-15(2,3)13-12(10-16-11-6-7-11)20-14(17-13)18(4)8-9-19-5/h11,16H,6-10H2,1-5H3. The highest BCUT2D eigenvalue weighted by Crippen LogP contribution is 2.34. The summed E-state index contributed by atoms with van der Waals surface area (Å²) in [7, 11) is 3.82. The lowest BCUT2D eigenvalue weighted by Crippen LogP contribution is -2.22. The monoisotopic (exact) mass is 297 g/mol. The van der Waals surface area contributed by atoms with Gasteiger partial charge in [-0.15, -0.1) is 11.3 Å². The van der Waals surface area contributed by atoms with Crippen molar-refractivity contribution in [2.45, 2.75) is 51.6 Å². The van der Waals surface area contributed by atoms with E-state index in [2.05, 4.69) is 38.0 Å². The fraction of sp³-hybridized carbons (Fsp3) is 0.800. The van der Waals surface area contributed by atoms with Crippen LogP contribution >= 0.6 is 11.3 Å². The first-order valence-electron chi connectivity index (χ1n) is 7.35. The summed E-state index contributed by atoms with van der Waals surface area (Å²) < 4.78 is 5.15. The first-order chi connectivity index (χ1) is 9.41. The molecule has 5 heteroatoms. The van der Waals surface area contributed by atoms with E-state index < -0.39 is 0 Å². The quantitative estimate of drug-likeness (QED) is 0.840. The van der Waals surface area contributed by atoms with Crippen molar-refractivity contribution in [1.29, 1.82) is 0 Å². The molecule has 0 bridgehead atoms. The van der Waals surface area contributed by atoms with Crippen molar-refractivity contribution in [2.24, 2.45) is 0 Å². The molecule has 0 spiro atoms. The second kappa shape index (κ2) is 6.41. The highest BCUT2D eigenvalue weighted by atomic mass is 32.1. The molecule has 4 nitrogen and oxygen atoms in total. The lowest BCUT2D eigenvalue weighted by Gasteiger charge is -2.18. The van der Waals surface area contributed by atoms with Gasteiger partial charge in [-0.3, -0.25) is 0 Å². The largest absolute Gasteiger partial charge is 0.383 e. The Morgan fingerprint density at radius 2 is 2.10 bits per heavy atom. The Labute approximate surface area is 126 Å². The van der Waals surface area contributed by atoms with Gasteiger partial charge in [-0.2, -0.15) is 0 Å². The predicted molar refractivity (Wildman–Crippen MR) is 85.8 cm³/mol. The first kappa shape index (κ1) is 15.7. The maximum Gasteiger partial charge on any atom is 0.185 e. The van der Waals surface area contributed by atoms with Crippen LogP contribution in [0, 0.1) is 0 Å². The Kier molecular flexibility index (Phi) is 5.04. The molecular weight excluding hydrogens is 270 g/mol. The van der Waals surface area contributed by atoms with E-state index in [0.717, 1.165) is 30.9 Å². The number of anilines is 1. The van der Waals surface area contributed by atoms with Crippen LogP contribution in [-0.4, -0.2) is 38.3 Å². The molecule has 1 aromatic rings. The fourth-order valence-electron chi connectivity index (χ4n) is 2.06. The van der Waals surface area contributed by atoms with Gasteiger partial charge in [0.1, 0.15) is 0 Å². The average Bonchev–Trinajstić information content (AvgIpc) is 3.10. The van der Waals surface area contributed by atoms with Gasteiger partial charge in [0.15, 0.2) is 5.13 Å². The second-order valence-corrected chi connectivity index (χ2v) is 7.65. The molecule has 1 heterocycles. The third kappa shape index (κ3) is 4.17. The lowest BCUT2D eigenvalue weighted by molar-refractivity contribution is 0.206. The summed E-state index contributed by atoms with van der Waals surface area (Å²) in [6, 6.07) is 0.736. The number of thiazole rings is 1. The average molecular weight is 297 g/mol. The van der Waals surface area contributed by atoms with E-state index in [1.165, 1.54) is 23.4 Å². The topological polar surface area (TPSA) is 37.4 Å². The summed E-state index contributed by atoms with van der Waals surface area (Å²) in [5.41, 5.74) is 1.33. The SMILES string of the molecule is COCCN(C)c1nc(C(C)(C)C)c(CNC2CC2)s1. The molecule has 0 aliphatic heterocycles. The summed E-state index contributed by atoms with van der Waals surface area (Å²) >= 11 is 1.81. The molecule has 1 aliphatic carbocycles. The van der Waals surface area contributed by atoms with Crippen LogP contribution in [-0.2, 0) is 16.7 Å². The van der Waals surface area contributed by atoms with E-state index in [1.807, 2.05) is 11.3 Å². The fourth-order valence-corrected chi connectivity index (χ4v) is 3.27. The maximum absolute atomic E-state index is 5.15. The van der Waals surface area contributed by atoms with Gasteiger partial charge in [0, 0.05) is 43.6 Å². The highest BCUT2D eigenvalue weighted by molar-refractivity contribution is 7.15. The van der Waals surface area contributed by atoms with Crippen molar-refractivity contribution in [3.8, 4) is 0 Å². The van der Waals surface area contributed by atoms with Crippen LogP contribution in [0.25, 0.3) is 0 Å². The summed E-state index contributed by atoms with van der Waals surface area (Å²) in [5.74, 6) is 0. The molecule has 0 aromatic carbocycles. The Balaban J connectivity index is 2.12. The van der Waals surface area contributed by atoms with Crippen LogP contribution < -0.4 is 10.2 Å². The van der Waals surface area contributed by atoms with Gasteiger partial charge in [0.25, 0.3) is 0 Å². The highest BCUT2D eigenvalue weighted by Gasteiger charge is 2.26. The normalized spacial score (nSPS) is 15.7. The van der Waals surface area contributed by atoms with Crippen LogP contribution in [0.2, 0.25) is 0 Å². The van der Waals surface area contributed by atoms with Crippen molar-refractivity contribution in [3.05, 3.63) is 10.6 Å². The van der Waals surface area contributed by atoms with Gasteiger partial charge in [0.05, 0.1) is 12.3 Å². The van der Waals surface area contributed by atoms with Crippen LogP contribution in [0.15, 0.2) is 0 Å². The Bertz CT molecular complexity index is 435. The van der Waals surface area contributed by atoms with Crippen molar-refractivity contribution in [1.82, 2.24) is 10.3 Å². The third-order valence-electron chi connectivity index (χ3n) is 3.48. The minimum Gasteiger partial charge on any atom is -0.383 e. The molecule has 1 fully saturated rings. The summed E-state index contributed by atoms with van der Waals surface area (Å²) in [4.78, 5) is 8.44. The van der Waals surface area contributed by atoms with E-state index in [0.29, 0.717) is 0 Å². The molecule has 2 rings (SSSR count). The Morgan fingerprint density at radius 1 is 1.40 bits per heavy atom. The van der Waals surface area contributed by atoms with Crippen LogP contribution in [0.1, 0.15) is 44.2 Å². The number of nitrogens with zero attached hydrogens (tertiary/aromatic N) is 2. The molecule has 1 saturated carbocycles. The molecule has 1 N–H and O–H groups in total. The number of rotatable bonds is 7. The first-order valence-corrected chi connectivity index (χ1v) is 8.17. The van der Waals surface area contributed by atoms with Crippen LogP contribution in [0.4, 0.5) is 5.13 Å². The smallest absolute Gasteiger partial charge is 0.185 e. The molecular formula is C15H27N3OS. The molecule has 20 heavy (non-hydrogen) atoms. The van der Waals surface area contributed by atoms with Gasteiger partial charge in [0.2, 0.25) is 0 Å². The molecule has 1 aromatic heterocycles. The number of methoxy groups -OCH3 is 1. The van der Waals surface area contributed by atoms with E-state index in [4.69, 9.17) is 9.72 Å². The van der Waals surface area contributed by atoms with Gasteiger partial charge < -0.3 is 15.0 Å². The zero-order valence-corrected chi connectivity index (χ0v) is 14.1. The number of hydrogen-bond donors (Lipinski definition) is 1. The number of nitrogens with one attached hydrogen (secondary N) is 1. The number of ether oxygens (including phenoxy) is 1. The van der Waals surface area contributed by atoms with E-state index in [-0.39, 0.29) is 5.41 Å². The minimum atomic E-state index is 0.0947. The molecule has 114 valence electrons. The maximum atomic E-state index is 5.15. The minimum absolute atomic E-state index is 0.0947. The zero-order chi connectivity index (χ0) is 14.8. The molecule has 0 amide bonds. The number of likely N-dealkylation sites (N-methyl/N-ethyl adjacent to an activating group) is 1. The second-order valence-electron chi connectivity index (χ2n) is 6.59. The van der Waals surface area contributed by atoms with Gasteiger partial charge in [-0.05, 0) is 12.8 Å². The Morgan fingerprint density at radius 3 is 2.65 bits per heavy atom.